The average Bonchev–Trinajstić information content (AvgIpc) is 3.10. The van der Waals surface area contributed by atoms with Gasteiger partial charge in [-0.05, 0) is 62.3 Å². The number of carbonyl (C=O) groups excluding carboxylic acids is 1. The van der Waals surface area contributed by atoms with Crippen molar-refractivity contribution in [2.24, 2.45) is 5.92 Å². The summed E-state index contributed by atoms with van der Waals surface area (Å²) >= 11 is -2.14. The van der Waals surface area contributed by atoms with Gasteiger partial charge in [-0.3, -0.25) is 9.35 Å². The normalized spacial score (nSPS) is 19.9. The molecule has 1 aliphatic heterocycles. The molecule has 3 atom stereocenters. The highest BCUT2D eigenvalue weighted by Gasteiger charge is 2.41. The third-order valence-electron chi connectivity index (χ3n) is 5.85. The van der Waals surface area contributed by atoms with Crippen LogP contribution in [-0.2, 0) is 22.5 Å². The van der Waals surface area contributed by atoms with Crippen molar-refractivity contribution in [1.29, 1.82) is 0 Å². The molecule has 0 radical (unpaired) electrons. The Balaban J connectivity index is 1.90. The minimum atomic E-state index is -2.14. The fourth-order valence-electron chi connectivity index (χ4n) is 4.31. The summed E-state index contributed by atoms with van der Waals surface area (Å²) in [6.07, 6.45) is 1.36. The summed E-state index contributed by atoms with van der Waals surface area (Å²) in [4.78, 5) is 14.4. The first-order valence-electron chi connectivity index (χ1n) is 10.5. The maximum atomic E-state index is 15.4. The summed E-state index contributed by atoms with van der Waals surface area (Å²) in [5.41, 5.74) is -0.489. The molecule has 9 heteroatoms. The van der Waals surface area contributed by atoms with Crippen molar-refractivity contribution < 1.29 is 27.4 Å². The molecule has 1 unspecified atom stereocenters. The zero-order chi connectivity index (χ0) is 23.5. The van der Waals surface area contributed by atoms with Crippen molar-refractivity contribution in [3.63, 3.8) is 0 Å². The molecule has 0 saturated carbocycles. The molecule has 1 heterocycles. The van der Waals surface area contributed by atoms with E-state index in [1.54, 1.807) is 29.2 Å². The van der Waals surface area contributed by atoms with Crippen LogP contribution in [0, 0.1) is 17.6 Å². The summed E-state index contributed by atoms with van der Waals surface area (Å²) in [5.74, 6) is -1.42. The summed E-state index contributed by atoms with van der Waals surface area (Å²) in [6, 6.07) is 10.2. The van der Waals surface area contributed by atoms with Gasteiger partial charge in [0.1, 0.15) is 17.2 Å². The van der Waals surface area contributed by atoms with E-state index in [-0.39, 0.29) is 30.5 Å². The van der Waals surface area contributed by atoms with Crippen LogP contribution in [0.2, 0.25) is 0 Å². The number of aliphatic hydroxyl groups is 1. The van der Waals surface area contributed by atoms with Crippen LogP contribution >= 0.6 is 0 Å². The molecule has 2 aromatic carbocycles. The Morgan fingerprint density at radius 3 is 2.62 bits per heavy atom. The van der Waals surface area contributed by atoms with Gasteiger partial charge in [-0.2, -0.15) is 0 Å². The maximum absolute atomic E-state index is 15.4. The van der Waals surface area contributed by atoms with E-state index >= 15 is 4.39 Å². The third kappa shape index (κ3) is 5.78. The molecule has 0 spiro atoms. The van der Waals surface area contributed by atoms with Crippen molar-refractivity contribution in [2.75, 3.05) is 13.1 Å². The van der Waals surface area contributed by atoms with E-state index in [4.69, 9.17) is 4.55 Å². The number of halogens is 2. The fraction of sp³-hybridized carbons (Fsp3) is 0.435. The number of nitrogens with zero attached hydrogens (tertiary/aromatic N) is 1. The largest absolute Gasteiger partial charge is 0.381 e. The Morgan fingerprint density at radius 1 is 1.25 bits per heavy atom. The average molecular weight is 467 g/mol. The minimum absolute atomic E-state index is 0.0467. The topological polar surface area (TPSA) is 89.9 Å². The van der Waals surface area contributed by atoms with Crippen molar-refractivity contribution >= 4 is 17.2 Å². The van der Waals surface area contributed by atoms with Crippen molar-refractivity contribution in [1.82, 2.24) is 9.62 Å². The van der Waals surface area contributed by atoms with Gasteiger partial charge in [0.25, 0.3) is 5.91 Å². The zero-order valence-electron chi connectivity index (χ0n) is 18.1. The van der Waals surface area contributed by atoms with Crippen LogP contribution < -0.4 is 4.72 Å². The van der Waals surface area contributed by atoms with E-state index < -0.39 is 34.4 Å². The molecule has 2 aromatic rings. The molecule has 1 fully saturated rings. The number of nitrogens with one attached hydrogen (secondary N) is 1. The number of amides is 1. The first-order valence-corrected chi connectivity index (χ1v) is 11.6. The molecule has 32 heavy (non-hydrogen) atoms. The molecule has 174 valence electrons. The van der Waals surface area contributed by atoms with Crippen molar-refractivity contribution in [3.8, 4) is 11.1 Å². The number of likely N-dealkylation sites (tertiary alicyclic amines) is 1. The number of carbonyl (C=O) groups is 1. The highest BCUT2D eigenvalue weighted by molar-refractivity contribution is 7.77. The van der Waals surface area contributed by atoms with Crippen molar-refractivity contribution in [3.05, 3.63) is 59.7 Å². The van der Waals surface area contributed by atoms with E-state index in [2.05, 4.69) is 4.72 Å². The fourth-order valence-corrected chi connectivity index (χ4v) is 4.60. The van der Waals surface area contributed by atoms with Crippen molar-refractivity contribution in [2.45, 2.75) is 44.8 Å². The van der Waals surface area contributed by atoms with Gasteiger partial charge in [-0.1, -0.05) is 30.3 Å². The lowest BCUT2D eigenvalue weighted by Crippen LogP contribution is -2.49. The van der Waals surface area contributed by atoms with Crippen LogP contribution in [0.15, 0.2) is 42.5 Å². The lowest BCUT2D eigenvalue weighted by molar-refractivity contribution is -0.149. The van der Waals surface area contributed by atoms with Crippen LogP contribution in [0.4, 0.5) is 8.78 Å². The Morgan fingerprint density at radius 2 is 1.97 bits per heavy atom. The molecule has 1 amide bonds. The maximum Gasteiger partial charge on any atom is 0.254 e. The number of benzene rings is 2. The van der Waals surface area contributed by atoms with E-state index in [0.29, 0.717) is 30.5 Å². The highest BCUT2D eigenvalue weighted by atomic mass is 32.2. The monoisotopic (exact) mass is 466 g/mol. The van der Waals surface area contributed by atoms with Gasteiger partial charge in [-0.25, -0.2) is 17.7 Å². The lowest BCUT2D eigenvalue weighted by atomic mass is 9.89. The first kappa shape index (κ1) is 24.4. The van der Waals surface area contributed by atoms with Gasteiger partial charge >= 0.3 is 0 Å². The van der Waals surface area contributed by atoms with Crippen LogP contribution in [-0.4, -0.2) is 49.4 Å². The quantitative estimate of drug-likeness (QED) is 0.521. The smallest absolute Gasteiger partial charge is 0.254 e. The standard InChI is InChI=1S/C23H28F2N2O4S/c1-23(2,29)22(28)27-12-10-15(9-11-26-32(30)31)20(27)14-17-6-4-8-19(21(17)25)16-5-3-7-18(24)13-16/h3-8,13,15,20,26,29H,9-12,14H2,1-2H3,(H,30,31)/t15-,20+/m1/s1. The van der Waals surface area contributed by atoms with E-state index in [0.717, 1.165) is 0 Å². The molecule has 0 aliphatic carbocycles. The Kier molecular flexibility index (Phi) is 7.76. The first-order chi connectivity index (χ1) is 15.1. The Hall–Kier alpha value is -2.20. The number of hydrogen-bond acceptors (Lipinski definition) is 3. The van der Waals surface area contributed by atoms with E-state index in [1.165, 1.54) is 32.0 Å². The predicted molar refractivity (Wildman–Crippen MR) is 119 cm³/mol. The second kappa shape index (κ2) is 10.2. The van der Waals surface area contributed by atoms with Crippen LogP contribution in [0.1, 0.15) is 32.3 Å². The summed E-state index contributed by atoms with van der Waals surface area (Å²) in [5, 5.41) is 10.3. The molecule has 0 aromatic heterocycles. The van der Waals surface area contributed by atoms with E-state index in [9.17, 15) is 18.5 Å². The second-order valence-electron chi connectivity index (χ2n) is 8.60. The summed E-state index contributed by atoms with van der Waals surface area (Å²) in [7, 11) is 0. The molecular weight excluding hydrogens is 438 g/mol. The van der Waals surface area contributed by atoms with Gasteiger partial charge in [0.05, 0.1) is 0 Å². The molecule has 1 saturated heterocycles. The summed E-state index contributed by atoms with van der Waals surface area (Å²) < 4.78 is 51.4. The van der Waals surface area contributed by atoms with Gasteiger partial charge in [-0.15, -0.1) is 0 Å². The van der Waals surface area contributed by atoms with Crippen LogP contribution in [0.3, 0.4) is 0 Å². The van der Waals surface area contributed by atoms with Gasteiger partial charge in [0.2, 0.25) is 11.3 Å². The lowest BCUT2D eigenvalue weighted by Gasteiger charge is -2.32. The molecule has 3 N–H and O–H groups in total. The second-order valence-corrected chi connectivity index (χ2v) is 9.39. The Labute approximate surface area is 189 Å². The van der Waals surface area contributed by atoms with Gasteiger partial charge < -0.3 is 10.0 Å². The number of hydrogen-bond donors (Lipinski definition) is 3. The number of rotatable bonds is 8. The van der Waals surface area contributed by atoms with Crippen LogP contribution in [0.5, 0.6) is 0 Å². The van der Waals surface area contributed by atoms with Gasteiger partial charge in [0.15, 0.2) is 0 Å². The summed E-state index contributed by atoms with van der Waals surface area (Å²) in [6.45, 7) is 3.51. The zero-order valence-corrected chi connectivity index (χ0v) is 18.9. The third-order valence-corrected chi connectivity index (χ3v) is 6.30. The van der Waals surface area contributed by atoms with Gasteiger partial charge in [0, 0.05) is 24.7 Å². The molecule has 0 bridgehead atoms. The highest BCUT2D eigenvalue weighted by Crippen LogP contribution is 2.34. The van der Waals surface area contributed by atoms with Crippen LogP contribution in [0.25, 0.3) is 11.1 Å². The molecular formula is C23H28F2N2O4S. The molecule has 1 aliphatic rings. The Bertz CT molecular complexity index is 996. The predicted octanol–water partition coefficient (Wildman–Crippen LogP) is 3.28. The molecule has 3 rings (SSSR count). The van der Waals surface area contributed by atoms with E-state index in [1.807, 2.05) is 0 Å². The SMILES string of the molecule is CC(C)(O)C(=O)N1CC[C@@H](CCNS(=O)O)[C@@H]1Cc1cccc(-c2cccc(F)c2)c1F. The minimum Gasteiger partial charge on any atom is -0.381 e. The molecule has 6 nitrogen and oxygen atoms in total.